The molecule has 3 fully saturated rings. The van der Waals surface area contributed by atoms with E-state index in [1.54, 1.807) is 0 Å². The lowest BCUT2D eigenvalue weighted by atomic mass is 10.0. The van der Waals surface area contributed by atoms with Crippen LogP contribution in [0.25, 0.3) is 0 Å². The molecule has 1 unspecified atom stereocenters. The van der Waals surface area contributed by atoms with Crippen molar-refractivity contribution in [3.63, 3.8) is 0 Å². The summed E-state index contributed by atoms with van der Waals surface area (Å²) in [6.07, 6.45) is 0.927. The summed E-state index contributed by atoms with van der Waals surface area (Å²) in [4.78, 5) is 4.90. The average molecular weight is 259 g/mol. The largest absolute Gasteiger partial charge is 0.314 e. The molecule has 2 aliphatic heterocycles. The Morgan fingerprint density at radius 3 is 2.50 bits per heavy atom. The van der Waals surface area contributed by atoms with Gasteiger partial charge in [-0.1, -0.05) is 0 Å². The molecule has 0 aromatic heterocycles. The van der Waals surface area contributed by atoms with Crippen molar-refractivity contribution in [3.05, 3.63) is 0 Å². The van der Waals surface area contributed by atoms with Gasteiger partial charge in [0.05, 0.1) is 0 Å². The van der Waals surface area contributed by atoms with Gasteiger partial charge in [-0.3, -0.25) is 9.80 Å². The molecular formula is C13H23F2N3. The highest BCUT2D eigenvalue weighted by Gasteiger charge is 2.41. The number of halogens is 2. The Bertz CT molecular complexity index is 286. The first-order valence-corrected chi connectivity index (χ1v) is 7.17. The van der Waals surface area contributed by atoms with Crippen molar-refractivity contribution in [3.8, 4) is 0 Å². The minimum atomic E-state index is -2.38. The van der Waals surface area contributed by atoms with Gasteiger partial charge in [-0.05, 0) is 12.3 Å². The van der Waals surface area contributed by atoms with Gasteiger partial charge < -0.3 is 5.32 Å². The van der Waals surface area contributed by atoms with Crippen LogP contribution in [0.15, 0.2) is 0 Å². The molecule has 0 spiro atoms. The van der Waals surface area contributed by atoms with E-state index in [9.17, 15) is 8.78 Å². The molecule has 1 atom stereocenters. The number of likely N-dealkylation sites (tertiary alicyclic amines) is 1. The smallest absolute Gasteiger partial charge is 0.248 e. The Kier molecular flexibility index (Phi) is 3.56. The van der Waals surface area contributed by atoms with Gasteiger partial charge in [-0.15, -0.1) is 0 Å². The van der Waals surface area contributed by atoms with Crippen molar-refractivity contribution >= 4 is 0 Å². The zero-order valence-corrected chi connectivity index (χ0v) is 10.9. The van der Waals surface area contributed by atoms with E-state index in [4.69, 9.17) is 0 Å². The Morgan fingerprint density at radius 1 is 1.17 bits per heavy atom. The highest BCUT2D eigenvalue weighted by atomic mass is 19.3. The summed E-state index contributed by atoms with van der Waals surface area (Å²) in [5.41, 5.74) is 0. The Morgan fingerprint density at radius 2 is 1.89 bits per heavy atom. The molecule has 0 aromatic carbocycles. The van der Waals surface area contributed by atoms with Crippen LogP contribution in [0.2, 0.25) is 0 Å². The summed E-state index contributed by atoms with van der Waals surface area (Å²) in [5.74, 6) is -2.16. The van der Waals surface area contributed by atoms with Crippen LogP contribution in [-0.4, -0.2) is 67.6 Å². The summed E-state index contributed by atoms with van der Waals surface area (Å²) < 4.78 is 26.2. The van der Waals surface area contributed by atoms with Crippen LogP contribution in [0.3, 0.4) is 0 Å². The van der Waals surface area contributed by atoms with E-state index in [1.165, 1.54) is 0 Å². The minimum absolute atomic E-state index is 0.104. The first-order valence-electron chi connectivity index (χ1n) is 7.17. The van der Waals surface area contributed by atoms with Crippen molar-refractivity contribution in [1.29, 1.82) is 0 Å². The fraction of sp³-hybridized carbons (Fsp3) is 1.00. The topological polar surface area (TPSA) is 18.5 Å². The molecule has 1 saturated carbocycles. The zero-order valence-electron chi connectivity index (χ0n) is 10.9. The summed E-state index contributed by atoms with van der Waals surface area (Å²) >= 11 is 0. The second-order valence-electron chi connectivity index (χ2n) is 6.12. The molecule has 0 aromatic rings. The molecule has 1 aliphatic carbocycles. The third kappa shape index (κ3) is 2.83. The van der Waals surface area contributed by atoms with E-state index < -0.39 is 5.92 Å². The number of nitrogens with one attached hydrogen (secondary N) is 1. The van der Waals surface area contributed by atoms with E-state index in [0.29, 0.717) is 12.5 Å². The van der Waals surface area contributed by atoms with Gasteiger partial charge in [-0.2, -0.15) is 0 Å². The van der Waals surface area contributed by atoms with Gasteiger partial charge in [-0.25, -0.2) is 8.78 Å². The molecule has 0 bridgehead atoms. The summed E-state index contributed by atoms with van der Waals surface area (Å²) in [6, 6.07) is 0.675. The highest BCUT2D eigenvalue weighted by Crippen LogP contribution is 2.39. The third-order valence-corrected chi connectivity index (χ3v) is 4.63. The van der Waals surface area contributed by atoms with E-state index in [2.05, 4.69) is 15.1 Å². The quantitative estimate of drug-likeness (QED) is 0.816. The molecule has 3 rings (SSSR count). The molecule has 3 nitrogen and oxygen atoms in total. The predicted octanol–water partition coefficient (Wildman–Crippen LogP) is 1.01. The first kappa shape index (κ1) is 12.8. The van der Waals surface area contributed by atoms with E-state index in [1.807, 2.05) is 0 Å². The van der Waals surface area contributed by atoms with Crippen molar-refractivity contribution in [2.75, 3.05) is 45.8 Å². The van der Waals surface area contributed by atoms with Crippen molar-refractivity contribution in [2.24, 2.45) is 5.92 Å². The molecule has 5 heteroatoms. The maximum Gasteiger partial charge on any atom is 0.248 e. The SMILES string of the molecule is FC1(F)CCC(CN2CC(N3CCNCC3)C2)C1. The number of hydrogen-bond donors (Lipinski definition) is 1. The highest BCUT2D eigenvalue weighted by molar-refractivity contribution is 4.92. The lowest BCUT2D eigenvalue weighted by Gasteiger charge is -2.47. The van der Waals surface area contributed by atoms with Crippen LogP contribution >= 0.6 is 0 Å². The Balaban J connectivity index is 1.38. The number of rotatable bonds is 3. The fourth-order valence-electron chi connectivity index (χ4n) is 3.53. The van der Waals surface area contributed by atoms with Crippen LogP contribution in [0.4, 0.5) is 8.78 Å². The van der Waals surface area contributed by atoms with E-state index >= 15 is 0 Å². The minimum Gasteiger partial charge on any atom is -0.314 e. The van der Waals surface area contributed by atoms with Gasteiger partial charge >= 0.3 is 0 Å². The van der Waals surface area contributed by atoms with Crippen LogP contribution in [0.1, 0.15) is 19.3 Å². The van der Waals surface area contributed by atoms with Crippen molar-refractivity contribution in [2.45, 2.75) is 31.2 Å². The van der Waals surface area contributed by atoms with Gasteiger partial charge in [0.1, 0.15) is 0 Å². The molecule has 1 N–H and O–H groups in total. The monoisotopic (exact) mass is 259 g/mol. The number of alkyl halides is 2. The van der Waals surface area contributed by atoms with Gasteiger partial charge in [0.15, 0.2) is 0 Å². The number of nitrogens with zero attached hydrogens (tertiary/aromatic N) is 2. The van der Waals surface area contributed by atoms with Gasteiger partial charge in [0.25, 0.3) is 0 Å². The lowest BCUT2D eigenvalue weighted by molar-refractivity contribution is -0.00629. The third-order valence-electron chi connectivity index (χ3n) is 4.63. The molecule has 104 valence electrons. The number of hydrogen-bond acceptors (Lipinski definition) is 3. The van der Waals surface area contributed by atoms with Crippen LogP contribution in [-0.2, 0) is 0 Å². The second-order valence-corrected chi connectivity index (χ2v) is 6.12. The first-order chi connectivity index (χ1) is 8.62. The summed E-state index contributed by atoms with van der Waals surface area (Å²) in [5, 5.41) is 3.36. The molecule has 18 heavy (non-hydrogen) atoms. The van der Waals surface area contributed by atoms with Gasteiger partial charge in [0, 0.05) is 64.7 Å². The number of piperazine rings is 1. The van der Waals surface area contributed by atoms with Crippen molar-refractivity contribution in [1.82, 2.24) is 15.1 Å². The normalized spacial score (nSPS) is 34.7. The fourth-order valence-corrected chi connectivity index (χ4v) is 3.53. The standard InChI is InChI=1S/C13H23F2N3/c14-13(15)2-1-11(7-13)8-17-9-12(10-17)18-5-3-16-4-6-18/h11-12,16H,1-10H2. The molecule has 2 heterocycles. The molecular weight excluding hydrogens is 236 g/mol. The lowest BCUT2D eigenvalue weighted by Crippen LogP contribution is -2.63. The predicted molar refractivity (Wildman–Crippen MR) is 67.0 cm³/mol. The molecule has 3 aliphatic rings. The Labute approximate surface area is 108 Å². The van der Waals surface area contributed by atoms with Crippen molar-refractivity contribution < 1.29 is 8.78 Å². The molecule has 0 radical (unpaired) electrons. The second kappa shape index (κ2) is 5.02. The van der Waals surface area contributed by atoms with Crippen LogP contribution in [0.5, 0.6) is 0 Å². The van der Waals surface area contributed by atoms with E-state index in [0.717, 1.165) is 45.8 Å². The average Bonchev–Trinajstić information content (AvgIpc) is 2.64. The van der Waals surface area contributed by atoms with Crippen LogP contribution in [0, 0.1) is 5.92 Å². The van der Waals surface area contributed by atoms with E-state index in [-0.39, 0.29) is 18.8 Å². The zero-order chi connectivity index (χ0) is 12.6. The summed E-state index contributed by atoms with van der Waals surface area (Å²) in [7, 11) is 0. The van der Waals surface area contributed by atoms with Gasteiger partial charge in [0.2, 0.25) is 5.92 Å². The van der Waals surface area contributed by atoms with Crippen LogP contribution < -0.4 is 5.32 Å². The molecule has 2 saturated heterocycles. The maximum atomic E-state index is 13.1. The Hall–Kier alpha value is -0.260. The maximum absolute atomic E-state index is 13.1. The molecule has 0 amide bonds. The summed E-state index contributed by atoms with van der Waals surface area (Å²) in [6.45, 7) is 7.51.